The Hall–Kier alpha value is -3.17. The monoisotopic (exact) mass is 639 g/mol. The van der Waals surface area contributed by atoms with Crippen LogP contribution < -0.4 is 9.62 Å². The maximum absolute atomic E-state index is 14.1. The average molecular weight is 641 g/mol. The van der Waals surface area contributed by atoms with Gasteiger partial charge in [0, 0.05) is 17.1 Å². The molecule has 1 fully saturated rings. The zero-order valence-electron chi connectivity index (χ0n) is 24.1. The van der Waals surface area contributed by atoms with Gasteiger partial charge < -0.3 is 10.2 Å². The second-order valence-electron chi connectivity index (χ2n) is 11.0. The van der Waals surface area contributed by atoms with E-state index in [2.05, 4.69) is 21.2 Å². The Morgan fingerprint density at radius 2 is 1.49 bits per heavy atom. The minimum Gasteiger partial charge on any atom is -0.352 e. The standard InChI is InChI=1S/C32H38BrN3O4S/c1-22-9-15-30(16-10-22)41(39,40)36(29-18-23(2)17-24(3)19-29)21-31(37)35(20-26-11-13-27(33)14-12-26)25(4)32(38)34-28-7-5-6-8-28/h9-19,25,28H,5-8,20-21H2,1-4H3,(H,34,38). The highest BCUT2D eigenvalue weighted by atomic mass is 79.9. The van der Waals surface area contributed by atoms with Crippen LogP contribution >= 0.6 is 15.9 Å². The molecule has 218 valence electrons. The van der Waals surface area contributed by atoms with Crippen molar-refractivity contribution in [2.45, 2.75) is 76.9 Å². The normalized spacial score (nSPS) is 14.5. The molecule has 0 aliphatic heterocycles. The molecule has 41 heavy (non-hydrogen) atoms. The zero-order chi connectivity index (χ0) is 29.7. The Balaban J connectivity index is 1.70. The molecule has 2 amide bonds. The third-order valence-corrected chi connectivity index (χ3v) is 9.83. The largest absolute Gasteiger partial charge is 0.352 e. The number of aryl methyl sites for hydroxylation is 3. The second-order valence-corrected chi connectivity index (χ2v) is 13.8. The van der Waals surface area contributed by atoms with Gasteiger partial charge in [-0.15, -0.1) is 0 Å². The van der Waals surface area contributed by atoms with E-state index in [0.29, 0.717) is 5.69 Å². The minimum absolute atomic E-state index is 0.0987. The van der Waals surface area contributed by atoms with Crippen LogP contribution in [0.2, 0.25) is 0 Å². The van der Waals surface area contributed by atoms with Gasteiger partial charge in [-0.3, -0.25) is 13.9 Å². The van der Waals surface area contributed by atoms with E-state index in [1.807, 2.05) is 51.1 Å². The number of hydrogen-bond donors (Lipinski definition) is 1. The van der Waals surface area contributed by atoms with E-state index in [9.17, 15) is 18.0 Å². The van der Waals surface area contributed by atoms with Crippen LogP contribution in [0.15, 0.2) is 76.1 Å². The summed E-state index contributed by atoms with van der Waals surface area (Å²) in [6, 6.07) is 18.9. The Morgan fingerprint density at radius 3 is 2.07 bits per heavy atom. The van der Waals surface area contributed by atoms with E-state index in [0.717, 1.165) is 56.7 Å². The van der Waals surface area contributed by atoms with Gasteiger partial charge in [-0.05, 0) is 93.6 Å². The summed E-state index contributed by atoms with van der Waals surface area (Å²) in [6.07, 6.45) is 3.99. The molecular formula is C32H38BrN3O4S. The number of amides is 2. The molecule has 3 aromatic carbocycles. The van der Waals surface area contributed by atoms with E-state index in [4.69, 9.17) is 0 Å². The maximum Gasteiger partial charge on any atom is 0.264 e. The second kappa shape index (κ2) is 13.2. The van der Waals surface area contributed by atoms with Gasteiger partial charge in [-0.2, -0.15) is 0 Å². The third kappa shape index (κ3) is 7.77. The van der Waals surface area contributed by atoms with Crippen molar-refractivity contribution in [2.75, 3.05) is 10.8 Å². The first-order valence-electron chi connectivity index (χ1n) is 14.0. The summed E-state index contributed by atoms with van der Waals surface area (Å²) in [4.78, 5) is 29.0. The van der Waals surface area contributed by atoms with Gasteiger partial charge in [0.25, 0.3) is 10.0 Å². The fraction of sp³-hybridized carbons (Fsp3) is 0.375. The Morgan fingerprint density at radius 1 is 0.902 bits per heavy atom. The fourth-order valence-corrected chi connectivity index (χ4v) is 6.88. The van der Waals surface area contributed by atoms with Crippen molar-refractivity contribution in [1.29, 1.82) is 0 Å². The summed E-state index contributed by atoms with van der Waals surface area (Å²) in [5, 5.41) is 3.10. The van der Waals surface area contributed by atoms with Gasteiger partial charge in [0.05, 0.1) is 10.6 Å². The third-order valence-electron chi connectivity index (χ3n) is 7.52. The van der Waals surface area contributed by atoms with Crippen LogP contribution in [0.5, 0.6) is 0 Å². The maximum atomic E-state index is 14.1. The molecule has 0 aromatic heterocycles. The molecular weight excluding hydrogens is 602 g/mol. The summed E-state index contributed by atoms with van der Waals surface area (Å²) < 4.78 is 30.1. The predicted molar refractivity (Wildman–Crippen MR) is 166 cm³/mol. The van der Waals surface area contributed by atoms with Crippen molar-refractivity contribution >= 4 is 43.5 Å². The molecule has 1 N–H and O–H groups in total. The number of benzene rings is 3. The molecule has 0 bridgehead atoms. The number of nitrogens with zero attached hydrogens (tertiary/aromatic N) is 2. The van der Waals surface area contributed by atoms with Gasteiger partial charge in [0.2, 0.25) is 11.8 Å². The van der Waals surface area contributed by atoms with Crippen LogP contribution in [0.4, 0.5) is 5.69 Å². The smallest absolute Gasteiger partial charge is 0.264 e. The lowest BCUT2D eigenvalue weighted by Crippen LogP contribution is -2.52. The number of anilines is 1. The summed E-state index contributed by atoms with van der Waals surface area (Å²) in [5.41, 5.74) is 3.94. The first-order valence-corrected chi connectivity index (χ1v) is 16.2. The molecule has 3 aromatic rings. The van der Waals surface area contributed by atoms with Crippen molar-refractivity contribution in [2.24, 2.45) is 0 Å². The fourth-order valence-electron chi connectivity index (χ4n) is 5.22. The zero-order valence-corrected chi connectivity index (χ0v) is 26.5. The summed E-state index contributed by atoms with van der Waals surface area (Å²) in [5.74, 6) is -0.696. The molecule has 0 spiro atoms. The number of rotatable bonds is 10. The van der Waals surface area contributed by atoms with Gasteiger partial charge in [0.1, 0.15) is 12.6 Å². The highest BCUT2D eigenvalue weighted by molar-refractivity contribution is 9.10. The van der Waals surface area contributed by atoms with Crippen molar-refractivity contribution in [1.82, 2.24) is 10.2 Å². The summed E-state index contributed by atoms with van der Waals surface area (Å²) in [7, 11) is -4.10. The summed E-state index contributed by atoms with van der Waals surface area (Å²) in [6.45, 7) is 7.10. The highest BCUT2D eigenvalue weighted by Gasteiger charge is 2.33. The Labute approximate surface area is 252 Å². The van der Waals surface area contributed by atoms with Gasteiger partial charge in [-0.25, -0.2) is 8.42 Å². The average Bonchev–Trinajstić information content (AvgIpc) is 3.43. The SMILES string of the molecule is Cc1ccc(S(=O)(=O)N(CC(=O)N(Cc2ccc(Br)cc2)C(C)C(=O)NC2CCCC2)c2cc(C)cc(C)c2)cc1. The molecule has 0 saturated heterocycles. The molecule has 1 saturated carbocycles. The van der Waals surface area contributed by atoms with Crippen LogP contribution in [-0.2, 0) is 26.2 Å². The van der Waals surface area contributed by atoms with Crippen molar-refractivity contribution < 1.29 is 18.0 Å². The van der Waals surface area contributed by atoms with E-state index >= 15 is 0 Å². The number of carbonyl (C=O) groups is 2. The molecule has 1 aliphatic rings. The number of carbonyl (C=O) groups excluding carboxylic acids is 2. The minimum atomic E-state index is -4.10. The van der Waals surface area contributed by atoms with Gasteiger partial charge in [0.15, 0.2) is 0 Å². The highest BCUT2D eigenvalue weighted by Crippen LogP contribution is 2.27. The van der Waals surface area contributed by atoms with Crippen LogP contribution in [0.1, 0.15) is 54.9 Å². The van der Waals surface area contributed by atoms with Crippen LogP contribution in [-0.4, -0.2) is 43.8 Å². The molecule has 0 radical (unpaired) electrons. The first kappa shape index (κ1) is 30.8. The Bertz CT molecular complexity index is 1460. The predicted octanol–water partition coefficient (Wildman–Crippen LogP) is 6.05. The molecule has 0 heterocycles. The molecule has 1 unspecified atom stereocenters. The number of halogens is 1. The van der Waals surface area contributed by atoms with E-state index in [-0.39, 0.29) is 23.4 Å². The van der Waals surface area contributed by atoms with Gasteiger partial charge in [-0.1, -0.05) is 64.7 Å². The number of sulfonamides is 1. The van der Waals surface area contributed by atoms with Crippen LogP contribution in [0.3, 0.4) is 0 Å². The van der Waals surface area contributed by atoms with Crippen LogP contribution in [0, 0.1) is 20.8 Å². The lowest BCUT2D eigenvalue weighted by atomic mass is 10.1. The van der Waals surface area contributed by atoms with Crippen molar-refractivity contribution in [3.8, 4) is 0 Å². The van der Waals surface area contributed by atoms with E-state index in [1.165, 1.54) is 4.90 Å². The number of hydrogen-bond acceptors (Lipinski definition) is 4. The van der Waals surface area contributed by atoms with Gasteiger partial charge >= 0.3 is 0 Å². The molecule has 9 heteroatoms. The van der Waals surface area contributed by atoms with Crippen molar-refractivity contribution in [3.63, 3.8) is 0 Å². The Kier molecular flexibility index (Phi) is 9.92. The van der Waals surface area contributed by atoms with Crippen molar-refractivity contribution in [3.05, 3.63) is 93.5 Å². The molecule has 4 rings (SSSR count). The van der Waals surface area contributed by atoms with Crippen LogP contribution in [0.25, 0.3) is 0 Å². The first-order chi connectivity index (χ1) is 19.4. The van der Waals surface area contributed by atoms with E-state index < -0.39 is 28.5 Å². The molecule has 1 aliphatic carbocycles. The summed E-state index contributed by atoms with van der Waals surface area (Å²) >= 11 is 3.44. The topological polar surface area (TPSA) is 86.8 Å². The molecule has 7 nitrogen and oxygen atoms in total. The van der Waals surface area contributed by atoms with E-state index in [1.54, 1.807) is 43.3 Å². The molecule has 1 atom stereocenters. The lowest BCUT2D eigenvalue weighted by molar-refractivity contribution is -0.139. The number of nitrogens with one attached hydrogen (secondary N) is 1. The lowest BCUT2D eigenvalue weighted by Gasteiger charge is -2.32. The quantitative estimate of drug-likeness (QED) is 0.293.